The first-order chi connectivity index (χ1) is 16.5. The number of hydrogen-bond donors (Lipinski definition) is 3. The number of likely N-dealkylation sites (tertiary alicyclic amines) is 1. The summed E-state index contributed by atoms with van der Waals surface area (Å²) in [5.74, 6) is 0.441. The molecule has 1 unspecified atom stereocenters. The second-order valence-corrected chi connectivity index (χ2v) is 9.06. The number of carbonyl (C=O) groups is 2. The van der Waals surface area contributed by atoms with Crippen molar-refractivity contribution in [2.45, 2.75) is 51.3 Å². The summed E-state index contributed by atoms with van der Waals surface area (Å²) in [7, 11) is 0. The number of β-amino-alcohol motifs (C(OH)–C–C–N with tert-alkyl or cyclic N) is 1. The fourth-order valence-corrected chi connectivity index (χ4v) is 4.64. The van der Waals surface area contributed by atoms with Crippen LogP contribution in [0.15, 0.2) is 36.7 Å². The Morgan fingerprint density at radius 3 is 2.68 bits per heavy atom. The van der Waals surface area contributed by atoms with E-state index in [0.717, 1.165) is 45.4 Å². The van der Waals surface area contributed by atoms with Crippen LogP contribution in [0.1, 0.15) is 47.8 Å². The molecule has 0 radical (unpaired) electrons. The molecule has 2 amide bonds. The van der Waals surface area contributed by atoms with Gasteiger partial charge in [-0.25, -0.2) is 9.97 Å². The average molecular weight is 467 g/mol. The van der Waals surface area contributed by atoms with Crippen LogP contribution in [0.4, 0.5) is 5.82 Å². The van der Waals surface area contributed by atoms with E-state index in [-0.39, 0.29) is 30.1 Å². The molecule has 2 aliphatic heterocycles. The number of amides is 2. The van der Waals surface area contributed by atoms with Crippen LogP contribution in [0, 0.1) is 0 Å². The fourth-order valence-electron chi connectivity index (χ4n) is 4.64. The molecule has 3 heterocycles. The summed E-state index contributed by atoms with van der Waals surface area (Å²) in [5.41, 5.74) is 2.93. The van der Waals surface area contributed by atoms with Crippen LogP contribution < -0.4 is 10.6 Å². The third-order valence-electron chi connectivity index (χ3n) is 6.58. The Morgan fingerprint density at radius 1 is 1.15 bits per heavy atom. The predicted octanol–water partition coefficient (Wildman–Crippen LogP) is 1.44. The first-order valence-corrected chi connectivity index (χ1v) is 12.1. The number of benzene rings is 1. The minimum absolute atomic E-state index is 0.160. The highest BCUT2D eigenvalue weighted by Crippen LogP contribution is 2.19. The first-order valence-electron chi connectivity index (χ1n) is 12.1. The molecule has 0 spiro atoms. The minimum Gasteiger partial charge on any atom is -0.390 e. The lowest BCUT2D eigenvalue weighted by Gasteiger charge is -2.32. The van der Waals surface area contributed by atoms with Crippen LogP contribution in [0.2, 0.25) is 0 Å². The number of aliphatic hydroxyl groups excluding tert-OH is 1. The topological polar surface area (TPSA) is 111 Å². The number of piperidine rings is 1. The summed E-state index contributed by atoms with van der Waals surface area (Å²) in [4.78, 5) is 36.9. The monoisotopic (exact) mass is 466 g/mol. The van der Waals surface area contributed by atoms with Gasteiger partial charge in [0.2, 0.25) is 5.91 Å². The molecule has 3 N–H and O–H groups in total. The normalized spacial score (nSPS) is 17.6. The van der Waals surface area contributed by atoms with Crippen molar-refractivity contribution < 1.29 is 14.7 Å². The standard InChI is InChI=1S/C25H34N6O3/c1-2-24(33)31-11-8-20(9-12-31)29-23-13-22(27-17-28-23)25(34)26-14-21(32)16-30-10-7-18-5-3-4-6-19(18)15-30/h3-6,13,17,20-21,32H,2,7-12,14-16H2,1H3,(H,26,34)(H,27,28,29). The van der Waals surface area contributed by atoms with Gasteiger partial charge < -0.3 is 20.6 Å². The average Bonchev–Trinajstić information content (AvgIpc) is 2.87. The van der Waals surface area contributed by atoms with Gasteiger partial charge in [-0.05, 0) is 30.4 Å². The molecule has 9 nitrogen and oxygen atoms in total. The van der Waals surface area contributed by atoms with E-state index < -0.39 is 6.10 Å². The highest BCUT2D eigenvalue weighted by molar-refractivity contribution is 5.92. The molecule has 182 valence electrons. The Kier molecular flexibility index (Phi) is 8.08. The lowest BCUT2D eigenvalue weighted by atomic mass is 10.00. The molecule has 2 aromatic rings. The Labute approximate surface area is 200 Å². The van der Waals surface area contributed by atoms with E-state index in [4.69, 9.17) is 0 Å². The number of anilines is 1. The predicted molar refractivity (Wildman–Crippen MR) is 129 cm³/mol. The summed E-state index contributed by atoms with van der Waals surface area (Å²) in [5, 5.41) is 16.6. The Hall–Kier alpha value is -3.04. The molecular weight excluding hydrogens is 432 g/mol. The number of aromatic nitrogens is 2. The van der Waals surface area contributed by atoms with Gasteiger partial charge in [0.15, 0.2) is 0 Å². The lowest BCUT2D eigenvalue weighted by Crippen LogP contribution is -2.42. The largest absolute Gasteiger partial charge is 0.390 e. The van der Waals surface area contributed by atoms with Gasteiger partial charge in [-0.15, -0.1) is 0 Å². The van der Waals surface area contributed by atoms with Crippen molar-refractivity contribution in [3.05, 3.63) is 53.5 Å². The molecule has 0 bridgehead atoms. The van der Waals surface area contributed by atoms with Crippen molar-refractivity contribution in [1.29, 1.82) is 0 Å². The van der Waals surface area contributed by atoms with Gasteiger partial charge >= 0.3 is 0 Å². The molecule has 1 fully saturated rings. The highest BCUT2D eigenvalue weighted by atomic mass is 16.3. The van der Waals surface area contributed by atoms with Crippen LogP contribution in [0.5, 0.6) is 0 Å². The van der Waals surface area contributed by atoms with Crippen molar-refractivity contribution in [2.75, 3.05) is 38.0 Å². The van der Waals surface area contributed by atoms with Gasteiger partial charge in [0.1, 0.15) is 17.8 Å². The van der Waals surface area contributed by atoms with E-state index in [0.29, 0.717) is 18.8 Å². The van der Waals surface area contributed by atoms with Gasteiger partial charge in [-0.3, -0.25) is 14.5 Å². The zero-order valence-corrected chi connectivity index (χ0v) is 19.7. The molecule has 4 rings (SSSR count). The molecule has 1 aromatic heterocycles. The maximum atomic E-state index is 12.6. The maximum Gasteiger partial charge on any atom is 0.270 e. The van der Waals surface area contributed by atoms with E-state index in [2.05, 4.69) is 43.7 Å². The minimum atomic E-state index is -0.662. The summed E-state index contributed by atoms with van der Waals surface area (Å²) < 4.78 is 0. The van der Waals surface area contributed by atoms with Gasteiger partial charge in [-0.1, -0.05) is 31.2 Å². The molecule has 34 heavy (non-hydrogen) atoms. The van der Waals surface area contributed by atoms with E-state index in [9.17, 15) is 14.7 Å². The van der Waals surface area contributed by atoms with Gasteiger partial charge in [-0.2, -0.15) is 0 Å². The van der Waals surface area contributed by atoms with Crippen LogP contribution in [0.25, 0.3) is 0 Å². The number of hydrogen-bond acceptors (Lipinski definition) is 7. The number of nitrogens with zero attached hydrogens (tertiary/aromatic N) is 4. The third kappa shape index (κ3) is 6.30. The van der Waals surface area contributed by atoms with Crippen molar-refractivity contribution in [3.63, 3.8) is 0 Å². The van der Waals surface area contributed by atoms with E-state index in [1.165, 1.54) is 17.5 Å². The van der Waals surface area contributed by atoms with Crippen LogP contribution in [-0.2, 0) is 17.8 Å². The Bertz CT molecular complexity index is 992. The SMILES string of the molecule is CCC(=O)N1CCC(Nc2cc(C(=O)NCC(O)CN3CCc4ccccc4C3)ncn2)CC1. The number of nitrogens with one attached hydrogen (secondary N) is 2. The lowest BCUT2D eigenvalue weighted by molar-refractivity contribution is -0.131. The molecule has 1 aromatic carbocycles. The van der Waals surface area contributed by atoms with Crippen molar-refractivity contribution in [2.24, 2.45) is 0 Å². The summed E-state index contributed by atoms with van der Waals surface area (Å²) in [6.07, 6.45) is 3.89. The number of fused-ring (bicyclic) bond motifs is 1. The van der Waals surface area contributed by atoms with Crippen LogP contribution >= 0.6 is 0 Å². The van der Waals surface area contributed by atoms with Crippen molar-refractivity contribution in [3.8, 4) is 0 Å². The molecule has 0 aliphatic carbocycles. The molecule has 2 aliphatic rings. The third-order valence-corrected chi connectivity index (χ3v) is 6.58. The van der Waals surface area contributed by atoms with Gasteiger partial charge in [0.25, 0.3) is 5.91 Å². The first kappa shape index (κ1) is 24.1. The molecule has 9 heteroatoms. The Morgan fingerprint density at radius 2 is 1.91 bits per heavy atom. The van der Waals surface area contributed by atoms with E-state index in [1.807, 2.05) is 17.9 Å². The van der Waals surface area contributed by atoms with Crippen LogP contribution in [-0.4, -0.2) is 81.6 Å². The smallest absolute Gasteiger partial charge is 0.270 e. The zero-order valence-electron chi connectivity index (χ0n) is 19.7. The molecule has 1 atom stereocenters. The van der Waals surface area contributed by atoms with Crippen molar-refractivity contribution in [1.82, 2.24) is 25.1 Å². The number of rotatable bonds is 8. The molecular formula is C25H34N6O3. The number of carbonyl (C=O) groups excluding carboxylic acids is 2. The second-order valence-electron chi connectivity index (χ2n) is 9.06. The van der Waals surface area contributed by atoms with Gasteiger partial charge in [0.05, 0.1) is 6.10 Å². The quantitative estimate of drug-likeness (QED) is 0.540. The van der Waals surface area contributed by atoms with Crippen LogP contribution in [0.3, 0.4) is 0 Å². The summed E-state index contributed by atoms with van der Waals surface area (Å²) in [6.45, 7) is 5.71. The summed E-state index contributed by atoms with van der Waals surface area (Å²) in [6, 6.07) is 10.2. The zero-order chi connectivity index (χ0) is 23.9. The maximum absolute atomic E-state index is 12.6. The van der Waals surface area contributed by atoms with E-state index in [1.54, 1.807) is 6.07 Å². The van der Waals surface area contributed by atoms with Gasteiger partial charge in [0, 0.05) is 57.8 Å². The number of aliphatic hydroxyl groups is 1. The van der Waals surface area contributed by atoms with Crippen molar-refractivity contribution >= 4 is 17.6 Å². The molecule has 0 saturated carbocycles. The fraction of sp³-hybridized carbons (Fsp3) is 0.520. The molecule has 1 saturated heterocycles. The summed E-state index contributed by atoms with van der Waals surface area (Å²) >= 11 is 0. The Balaban J connectivity index is 1.22. The highest BCUT2D eigenvalue weighted by Gasteiger charge is 2.23. The van der Waals surface area contributed by atoms with E-state index >= 15 is 0 Å². The second kappa shape index (κ2) is 11.4.